The smallest absolute Gasteiger partial charge is 0.209 e. The molecule has 1 heterocycles. The summed E-state index contributed by atoms with van der Waals surface area (Å²) in [6, 6.07) is 11.7. The number of benzene rings is 1. The Morgan fingerprint density at radius 3 is 2.90 bits per heavy atom. The Labute approximate surface area is 116 Å². The number of nitriles is 1. The Bertz CT molecular complexity index is 614. The Hall–Kier alpha value is -2.81. The molecule has 0 aliphatic carbocycles. The van der Waals surface area contributed by atoms with E-state index in [2.05, 4.69) is 9.98 Å². The third kappa shape index (κ3) is 3.36. The highest BCUT2D eigenvalue weighted by molar-refractivity contribution is 5.56. The van der Waals surface area contributed by atoms with Crippen molar-refractivity contribution in [1.29, 1.82) is 5.26 Å². The van der Waals surface area contributed by atoms with E-state index in [-0.39, 0.29) is 5.69 Å². The number of rotatable bonds is 6. The normalized spacial score (nSPS) is 10.4. The van der Waals surface area contributed by atoms with Gasteiger partial charge in [0.15, 0.2) is 12.1 Å². The van der Waals surface area contributed by atoms with Gasteiger partial charge in [0, 0.05) is 0 Å². The molecule has 0 saturated heterocycles. The van der Waals surface area contributed by atoms with Crippen LogP contribution in [0, 0.1) is 11.3 Å². The lowest BCUT2D eigenvalue weighted by atomic mass is 10.2. The maximum atomic E-state index is 8.98. The van der Waals surface area contributed by atoms with E-state index in [0.717, 1.165) is 5.56 Å². The van der Waals surface area contributed by atoms with Gasteiger partial charge < -0.3 is 9.57 Å². The van der Waals surface area contributed by atoms with Crippen molar-refractivity contribution in [1.82, 2.24) is 9.71 Å². The Morgan fingerprint density at radius 2 is 2.20 bits per heavy atom. The summed E-state index contributed by atoms with van der Waals surface area (Å²) in [5, 5.41) is 8.98. The first kappa shape index (κ1) is 13.6. The zero-order valence-electron chi connectivity index (χ0n) is 11.1. The van der Waals surface area contributed by atoms with E-state index in [4.69, 9.17) is 14.8 Å². The van der Waals surface area contributed by atoms with Crippen molar-refractivity contribution in [3.63, 3.8) is 0 Å². The summed E-state index contributed by atoms with van der Waals surface area (Å²) in [5.41, 5.74) is 1.20. The third-order valence-electron chi connectivity index (χ3n) is 2.45. The van der Waals surface area contributed by atoms with Crippen LogP contribution in [0.25, 0.3) is 0 Å². The average molecular weight is 270 g/mol. The van der Waals surface area contributed by atoms with Crippen LogP contribution in [0.4, 0.5) is 5.82 Å². The number of hydrogen-bond acceptors (Lipinski definition) is 5. The molecule has 2 aromatic rings. The molecule has 6 heteroatoms. The van der Waals surface area contributed by atoms with Gasteiger partial charge in [0.05, 0.1) is 6.61 Å². The number of hydrogen-bond donors (Lipinski definition) is 0. The van der Waals surface area contributed by atoms with E-state index in [0.29, 0.717) is 19.0 Å². The van der Waals surface area contributed by atoms with Crippen LogP contribution in [0.1, 0.15) is 18.2 Å². The minimum atomic E-state index is 0.189. The quantitative estimate of drug-likeness (QED) is 0.595. The average Bonchev–Trinajstić information content (AvgIpc) is 2.89. The molecule has 1 aromatic heterocycles. The van der Waals surface area contributed by atoms with Gasteiger partial charge in [0.1, 0.15) is 19.0 Å². The van der Waals surface area contributed by atoms with Crippen LogP contribution in [0.5, 0.6) is 0 Å². The summed E-state index contributed by atoms with van der Waals surface area (Å²) < 4.78 is 6.39. The maximum Gasteiger partial charge on any atom is 0.209 e. The topological polar surface area (TPSA) is 72.4 Å². The fourth-order valence-electron chi connectivity index (χ4n) is 1.50. The fraction of sp³-hybridized carbons (Fsp3) is 0.214. The number of aromatic nitrogens is 2. The zero-order valence-corrected chi connectivity index (χ0v) is 11.1. The van der Waals surface area contributed by atoms with Gasteiger partial charge in [-0.2, -0.15) is 15.0 Å². The van der Waals surface area contributed by atoms with Gasteiger partial charge in [0.25, 0.3) is 0 Å². The fourth-order valence-corrected chi connectivity index (χ4v) is 1.50. The van der Waals surface area contributed by atoms with Gasteiger partial charge in [-0.1, -0.05) is 30.3 Å². The molecule has 0 unspecified atom stereocenters. The molecule has 0 saturated carbocycles. The highest BCUT2D eigenvalue weighted by Crippen LogP contribution is 2.16. The van der Waals surface area contributed by atoms with Crippen molar-refractivity contribution in [2.75, 3.05) is 6.61 Å². The van der Waals surface area contributed by atoms with Crippen LogP contribution in [-0.4, -0.2) is 22.7 Å². The van der Waals surface area contributed by atoms with Crippen molar-refractivity contribution in [3.8, 4) is 6.07 Å². The first-order valence-electron chi connectivity index (χ1n) is 6.14. The molecule has 6 nitrogen and oxygen atoms in total. The van der Waals surface area contributed by atoms with Crippen LogP contribution < -0.4 is 4.84 Å². The molecule has 0 bridgehead atoms. The van der Waals surface area contributed by atoms with Crippen molar-refractivity contribution in [3.05, 3.63) is 47.9 Å². The molecule has 0 radical (unpaired) electrons. The highest BCUT2D eigenvalue weighted by Gasteiger charge is 2.10. The predicted molar refractivity (Wildman–Crippen MR) is 73.4 cm³/mol. The summed E-state index contributed by atoms with van der Waals surface area (Å²) in [7, 11) is 0. The van der Waals surface area contributed by atoms with Crippen LogP contribution >= 0.6 is 0 Å². The predicted octanol–water partition coefficient (Wildman–Crippen LogP) is 2.08. The van der Waals surface area contributed by atoms with E-state index in [1.807, 2.05) is 43.3 Å². The SMILES string of the molecule is CCO/C=N\c1c(C#N)ncn1OCc1ccccc1. The molecule has 0 amide bonds. The second-order valence-electron chi connectivity index (χ2n) is 3.80. The number of nitrogens with zero attached hydrogens (tertiary/aromatic N) is 4. The van der Waals surface area contributed by atoms with Gasteiger partial charge in [-0.3, -0.25) is 0 Å². The van der Waals surface area contributed by atoms with Gasteiger partial charge in [-0.15, -0.1) is 0 Å². The number of aliphatic imine (C=N–C) groups is 1. The van der Waals surface area contributed by atoms with Crippen LogP contribution in [0.15, 0.2) is 41.7 Å². The lowest BCUT2D eigenvalue weighted by Crippen LogP contribution is -2.09. The summed E-state index contributed by atoms with van der Waals surface area (Å²) in [5.74, 6) is 0.317. The molecule has 0 aliphatic heterocycles. The minimum Gasteiger partial charge on any atom is -0.483 e. The van der Waals surface area contributed by atoms with E-state index in [1.165, 1.54) is 17.5 Å². The Morgan fingerprint density at radius 1 is 1.40 bits per heavy atom. The van der Waals surface area contributed by atoms with E-state index in [9.17, 15) is 0 Å². The molecule has 20 heavy (non-hydrogen) atoms. The molecule has 0 N–H and O–H groups in total. The summed E-state index contributed by atoms with van der Waals surface area (Å²) in [4.78, 5) is 13.5. The van der Waals surface area contributed by atoms with Crippen molar-refractivity contribution >= 4 is 12.2 Å². The molecule has 0 atom stereocenters. The lowest BCUT2D eigenvalue weighted by Gasteiger charge is -2.07. The first-order valence-corrected chi connectivity index (χ1v) is 6.14. The summed E-state index contributed by atoms with van der Waals surface area (Å²) in [6.45, 7) is 2.71. The molecular formula is C14H14N4O2. The van der Waals surface area contributed by atoms with Gasteiger partial charge in [0.2, 0.25) is 5.82 Å². The maximum absolute atomic E-state index is 8.98. The van der Waals surface area contributed by atoms with Gasteiger partial charge in [-0.25, -0.2) is 4.98 Å². The van der Waals surface area contributed by atoms with Crippen molar-refractivity contribution in [2.45, 2.75) is 13.5 Å². The second-order valence-corrected chi connectivity index (χ2v) is 3.80. The van der Waals surface area contributed by atoms with Gasteiger partial charge in [-0.05, 0) is 12.5 Å². The second kappa shape index (κ2) is 6.95. The van der Waals surface area contributed by atoms with E-state index in [1.54, 1.807) is 0 Å². The highest BCUT2D eigenvalue weighted by atomic mass is 16.7. The Kier molecular flexibility index (Phi) is 4.73. The van der Waals surface area contributed by atoms with Crippen LogP contribution in [0.3, 0.4) is 0 Å². The van der Waals surface area contributed by atoms with Crippen molar-refractivity contribution < 1.29 is 9.57 Å². The lowest BCUT2D eigenvalue weighted by molar-refractivity contribution is 0.100. The number of imidazole rings is 1. The summed E-state index contributed by atoms with van der Waals surface area (Å²) in [6.07, 6.45) is 2.69. The molecule has 1 aromatic carbocycles. The van der Waals surface area contributed by atoms with Gasteiger partial charge >= 0.3 is 0 Å². The molecular weight excluding hydrogens is 256 g/mol. The van der Waals surface area contributed by atoms with Crippen molar-refractivity contribution in [2.24, 2.45) is 4.99 Å². The third-order valence-corrected chi connectivity index (χ3v) is 2.45. The Balaban J connectivity index is 2.11. The molecule has 102 valence electrons. The molecule has 2 rings (SSSR count). The van der Waals surface area contributed by atoms with E-state index >= 15 is 0 Å². The van der Waals surface area contributed by atoms with Crippen LogP contribution in [-0.2, 0) is 11.3 Å². The number of ether oxygens (including phenoxy) is 1. The summed E-state index contributed by atoms with van der Waals surface area (Å²) >= 11 is 0. The first-order chi connectivity index (χ1) is 9.85. The van der Waals surface area contributed by atoms with E-state index < -0.39 is 0 Å². The molecule has 0 fully saturated rings. The molecule has 0 spiro atoms. The van der Waals surface area contributed by atoms with Crippen LogP contribution in [0.2, 0.25) is 0 Å². The monoisotopic (exact) mass is 270 g/mol. The standard InChI is InChI=1S/C14H14N4O2/c1-2-19-11-17-14-13(8-15)16-10-18(14)20-9-12-6-4-3-5-7-12/h3-7,10-11H,2,9H2,1H3/b17-11-. The zero-order chi connectivity index (χ0) is 14.2. The minimum absolute atomic E-state index is 0.189. The largest absolute Gasteiger partial charge is 0.483 e. The molecule has 0 aliphatic rings.